The molecule has 0 aromatic carbocycles. The summed E-state index contributed by atoms with van der Waals surface area (Å²) in [5, 5.41) is 4.53. The minimum atomic E-state index is 1.23. The molecule has 4 heterocycles. The molecule has 0 aliphatic rings. The van der Waals surface area contributed by atoms with Crippen molar-refractivity contribution in [3.8, 4) is 0 Å². The van der Waals surface area contributed by atoms with E-state index in [0.717, 1.165) is 0 Å². The van der Waals surface area contributed by atoms with Gasteiger partial charge in [0.15, 0.2) is 0 Å². The number of aryl methyl sites for hydroxylation is 2. The fraction of sp³-hybridized carbons (Fsp3) is 0.500. The zero-order valence-corrected chi connectivity index (χ0v) is 22.8. The molecule has 0 spiro atoms. The first-order chi connectivity index (χ1) is 15.8. The molecule has 0 saturated heterocycles. The van der Waals surface area contributed by atoms with Crippen molar-refractivity contribution < 1.29 is 0 Å². The van der Waals surface area contributed by atoms with Crippen LogP contribution in [-0.4, -0.2) is 0 Å². The average Bonchev–Trinajstić information content (AvgIpc) is 3.55. The summed E-state index contributed by atoms with van der Waals surface area (Å²) in [5.74, 6) is 0. The van der Waals surface area contributed by atoms with Crippen LogP contribution in [-0.2, 0) is 12.8 Å². The Morgan fingerprint density at radius 2 is 1.03 bits per heavy atom. The first kappa shape index (κ1) is 24.2. The molecule has 0 bridgehead atoms. The molecule has 4 heteroatoms. The van der Waals surface area contributed by atoms with Crippen LogP contribution >= 0.6 is 45.3 Å². The van der Waals surface area contributed by atoms with E-state index in [-0.39, 0.29) is 0 Å². The first-order valence-electron chi connectivity index (χ1n) is 12.5. The van der Waals surface area contributed by atoms with E-state index in [1.165, 1.54) is 106 Å². The Morgan fingerprint density at radius 3 is 1.47 bits per heavy atom. The van der Waals surface area contributed by atoms with Gasteiger partial charge in [-0.1, -0.05) is 65.2 Å². The number of thiophene rings is 4. The summed E-state index contributed by atoms with van der Waals surface area (Å²) in [6, 6.07) is 4.62. The third-order valence-electron chi connectivity index (χ3n) is 6.29. The summed E-state index contributed by atoms with van der Waals surface area (Å²) >= 11 is 7.84. The Hall–Kier alpha value is -0.940. The Labute approximate surface area is 210 Å². The van der Waals surface area contributed by atoms with Gasteiger partial charge in [0.25, 0.3) is 0 Å². The SMILES string of the molecule is CCCCCCCc1c(/C=C/c2sc3ccsc3c2CCCCCCC)sc2ccsc12. The van der Waals surface area contributed by atoms with E-state index >= 15 is 0 Å². The van der Waals surface area contributed by atoms with Crippen LogP contribution in [0.4, 0.5) is 0 Å². The second kappa shape index (κ2) is 12.5. The van der Waals surface area contributed by atoms with Crippen LogP contribution in [0.2, 0.25) is 0 Å². The van der Waals surface area contributed by atoms with Crippen LogP contribution in [0.3, 0.4) is 0 Å². The fourth-order valence-electron chi connectivity index (χ4n) is 4.48. The second-order valence-corrected chi connectivity index (χ2v) is 12.8. The number of rotatable bonds is 14. The first-order valence-corrected chi connectivity index (χ1v) is 15.9. The van der Waals surface area contributed by atoms with Gasteiger partial charge in [-0.05, 0) is 71.9 Å². The minimum absolute atomic E-state index is 1.23. The van der Waals surface area contributed by atoms with E-state index in [2.05, 4.69) is 48.9 Å². The Balaban J connectivity index is 1.51. The summed E-state index contributed by atoms with van der Waals surface area (Å²) in [6.45, 7) is 4.59. The van der Waals surface area contributed by atoms with Crippen LogP contribution < -0.4 is 0 Å². The lowest BCUT2D eigenvalue weighted by atomic mass is 10.0. The lowest BCUT2D eigenvalue weighted by molar-refractivity contribution is 0.633. The molecule has 32 heavy (non-hydrogen) atoms. The van der Waals surface area contributed by atoms with Crippen molar-refractivity contribution >= 4 is 76.3 Å². The van der Waals surface area contributed by atoms with E-state index in [0.29, 0.717) is 0 Å². The Morgan fingerprint density at radius 1 is 0.594 bits per heavy atom. The van der Waals surface area contributed by atoms with Crippen LogP contribution in [0.15, 0.2) is 22.9 Å². The maximum Gasteiger partial charge on any atom is 0.0488 e. The number of hydrogen-bond donors (Lipinski definition) is 0. The zero-order chi connectivity index (χ0) is 22.2. The van der Waals surface area contributed by atoms with E-state index in [4.69, 9.17) is 0 Å². The smallest absolute Gasteiger partial charge is 0.0488 e. The molecule has 0 saturated carbocycles. The molecule has 0 unspecified atom stereocenters. The van der Waals surface area contributed by atoms with Gasteiger partial charge in [-0.2, -0.15) is 0 Å². The molecule has 4 aromatic heterocycles. The second-order valence-electron chi connectivity index (χ2n) is 8.78. The monoisotopic (exact) mass is 500 g/mol. The Kier molecular flexibility index (Phi) is 9.45. The largest absolute Gasteiger partial charge is 0.143 e. The average molecular weight is 501 g/mol. The van der Waals surface area contributed by atoms with E-state index in [1.54, 1.807) is 11.1 Å². The molecule has 0 fully saturated rings. The normalized spacial score (nSPS) is 12.2. The standard InChI is InChI=1S/C28H36S4/c1-3-5-7-9-11-13-21-23(31-25-17-19-29-27(21)25)15-16-24-22(14-12-10-8-6-4-2)28-26(32-24)18-20-30-28/h15-20H,3-14H2,1-2H3/b16-15+. The highest BCUT2D eigenvalue weighted by Gasteiger charge is 2.14. The predicted molar refractivity (Wildman–Crippen MR) is 153 cm³/mol. The Bertz CT molecular complexity index is 1030. The summed E-state index contributed by atoms with van der Waals surface area (Å²) < 4.78 is 6.02. The van der Waals surface area contributed by atoms with Crippen molar-refractivity contribution in [3.63, 3.8) is 0 Å². The molecule has 0 atom stereocenters. The van der Waals surface area contributed by atoms with Crippen LogP contribution in [0.25, 0.3) is 31.0 Å². The highest BCUT2D eigenvalue weighted by molar-refractivity contribution is 7.28. The molecule has 0 N–H and O–H groups in total. The van der Waals surface area contributed by atoms with Gasteiger partial charge in [-0.3, -0.25) is 0 Å². The molecule has 0 aliphatic heterocycles. The van der Waals surface area contributed by atoms with Gasteiger partial charge in [0, 0.05) is 28.6 Å². The highest BCUT2D eigenvalue weighted by atomic mass is 32.1. The summed E-state index contributed by atoms with van der Waals surface area (Å²) in [7, 11) is 0. The van der Waals surface area contributed by atoms with E-state index in [9.17, 15) is 0 Å². The van der Waals surface area contributed by atoms with Crippen molar-refractivity contribution in [1.82, 2.24) is 0 Å². The molecular formula is C28H36S4. The minimum Gasteiger partial charge on any atom is -0.143 e. The highest BCUT2D eigenvalue weighted by Crippen LogP contribution is 2.40. The van der Waals surface area contributed by atoms with Crippen molar-refractivity contribution in [1.29, 1.82) is 0 Å². The molecular weight excluding hydrogens is 465 g/mol. The maximum atomic E-state index is 2.44. The van der Waals surface area contributed by atoms with E-state index in [1.807, 2.05) is 45.3 Å². The molecule has 0 aliphatic carbocycles. The topological polar surface area (TPSA) is 0 Å². The van der Waals surface area contributed by atoms with Crippen LogP contribution in [0.1, 0.15) is 98.9 Å². The molecule has 172 valence electrons. The third kappa shape index (κ3) is 5.94. The summed E-state index contributed by atoms with van der Waals surface area (Å²) in [6.07, 6.45) is 20.9. The molecule has 0 radical (unpaired) electrons. The molecule has 0 amide bonds. The van der Waals surface area contributed by atoms with Crippen molar-refractivity contribution in [2.24, 2.45) is 0 Å². The van der Waals surface area contributed by atoms with Gasteiger partial charge in [0.1, 0.15) is 0 Å². The van der Waals surface area contributed by atoms with Crippen molar-refractivity contribution in [3.05, 3.63) is 43.8 Å². The van der Waals surface area contributed by atoms with Gasteiger partial charge in [-0.15, -0.1) is 45.3 Å². The predicted octanol–water partition coefficient (Wildman–Crippen LogP) is 11.4. The zero-order valence-electron chi connectivity index (χ0n) is 19.6. The molecule has 4 aromatic rings. The quantitative estimate of drug-likeness (QED) is 0.151. The van der Waals surface area contributed by atoms with Gasteiger partial charge >= 0.3 is 0 Å². The van der Waals surface area contributed by atoms with E-state index < -0.39 is 0 Å². The molecule has 0 nitrogen and oxygen atoms in total. The number of unbranched alkanes of at least 4 members (excludes halogenated alkanes) is 8. The lowest BCUT2D eigenvalue weighted by Gasteiger charge is -2.03. The number of fused-ring (bicyclic) bond motifs is 2. The van der Waals surface area contributed by atoms with Gasteiger partial charge in [0.2, 0.25) is 0 Å². The van der Waals surface area contributed by atoms with Crippen LogP contribution in [0.5, 0.6) is 0 Å². The summed E-state index contributed by atoms with van der Waals surface area (Å²) in [4.78, 5) is 2.99. The molecule has 4 rings (SSSR count). The summed E-state index contributed by atoms with van der Waals surface area (Å²) in [5.41, 5.74) is 3.21. The van der Waals surface area contributed by atoms with Crippen molar-refractivity contribution in [2.45, 2.75) is 90.9 Å². The fourth-order valence-corrected chi connectivity index (χ4v) is 9.19. The maximum absolute atomic E-state index is 2.44. The van der Waals surface area contributed by atoms with Gasteiger partial charge in [0.05, 0.1) is 0 Å². The number of hydrogen-bond acceptors (Lipinski definition) is 4. The van der Waals surface area contributed by atoms with Crippen LogP contribution in [0, 0.1) is 0 Å². The third-order valence-corrected chi connectivity index (χ3v) is 10.8. The van der Waals surface area contributed by atoms with Gasteiger partial charge in [-0.25, -0.2) is 0 Å². The van der Waals surface area contributed by atoms with Gasteiger partial charge < -0.3 is 0 Å². The lowest BCUT2D eigenvalue weighted by Crippen LogP contribution is -1.87. The van der Waals surface area contributed by atoms with Crippen molar-refractivity contribution in [2.75, 3.05) is 0 Å².